The highest BCUT2D eigenvalue weighted by Gasteiger charge is 1.97. The molecule has 0 unspecified atom stereocenters. The summed E-state index contributed by atoms with van der Waals surface area (Å²) in [5.41, 5.74) is 2.12. The lowest BCUT2D eigenvalue weighted by Crippen LogP contribution is -2.08. The summed E-state index contributed by atoms with van der Waals surface area (Å²) in [5.74, 6) is 0. The number of hydrogen-bond donors (Lipinski definition) is 0. The second-order valence-electron chi connectivity index (χ2n) is 4.15. The van der Waals surface area contributed by atoms with Gasteiger partial charge in [-0.2, -0.15) is 0 Å². The van der Waals surface area contributed by atoms with Crippen LogP contribution in [-0.2, 0) is 9.31 Å². The zero-order chi connectivity index (χ0) is 15.8. The fraction of sp³-hybridized carbons (Fsp3) is 0.222. The first-order chi connectivity index (χ1) is 10.3. The summed E-state index contributed by atoms with van der Waals surface area (Å²) in [6, 6.07) is 0. The molecule has 0 fully saturated rings. The highest BCUT2D eigenvalue weighted by molar-refractivity contribution is 6.18. The average Bonchev–Trinajstić information content (AvgIpc) is 2.49. The Bertz CT molecular complexity index is 436. The van der Waals surface area contributed by atoms with Crippen molar-refractivity contribution in [1.29, 1.82) is 0 Å². The van der Waals surface area contributed by atoms with Crippen LogP contribution in [0.2, 0.25) is 0 Å². The quantitative estimate of drug-likeness (QED) is 0.321. The normalized spacial score (nSPS) is 13.4. The first-order valence-electron chi connectivity index (χ1n) is 6.99. The maximum Gasteiger partial charge on any atom is 0.438 e. The van der Waals surface area contributed by atoms with Gasteiger partial charge in [0.2, 0.25) is 0 Å². The Kier molecular flexibility index (Phi) is 13.3. The van der Waals surface area contributed by atoms with E-state index in [1.54, 1.807) is 12.2 Å². The molecule has 0 bridgehead atoms. The molecular formula is C18H25BO2. The fourth-order valence-corrected chi connectivity index (χ4v) is 1.46. The molecule has 21 heavy (non-hydrogen) atoms. The summed E-state index contributed by atoms with van der Waals surface area (Å²) >= 11 is 0. The maximum atomic E-state index is 5.51. The van der Waals surface area contributed by atoms with Crippen LogP contribution in [0.15, 0.2) is 85.1 Å². The molecule has 0 aliphatic heterocycles. The van der Waals surface area contributed by atoms with E-state index in [0.717, 1.165) is 11.1 Å². The monoisotopic (exact) mass is 284 g/mol. The molecule has 0 N–H and O–H groups in total. The molecule has 112 valence electrons. The van der Waals surface area contributed by atoms with Crippen molar-refractivity contribution in [2.24, 2.45) is 0 Å². The van der Waals surface area contributed by atoms with Gasteiger partial charge in [-0.15, -0.1) is 0 Å². The SMILES string of the molecule is C=C/C=C\C(=C/C=C)COBOCC(/C=C\C)=C/C=C\C. The van der Waals surface area contributed by atoms with E-state index in [1.165, 1.54) is 0 Å². The van der Waals surface area contributed by atoms with E-state index in [4.69, 9.17) is 9.31 Å². The van der Waals surface area contributed by atoms with Gasteiger partial charge in [0.25, 0.3) is 0 Å². The molecule has 0 aliphatic rings. The van der Waals surface area contributed by atoms with E-state index in [2.05, 4.69) is 13.2 Å². The van der Waals surface area contributed by atoms with Crippen LogP contribution in [0.4, 0.5) is 0 Å². The Morgan fingerprint density at radius 1 is 0.857 bits per heavy atom. The van der Waals surface area contributed by atoms with Crippen molar-refractivity contribution in [1.82, 2.24) is 0 Å². The van der Waals surface area contributed by atoms with Crippen LogP contribution in [0.3, 0.4) is 0 Å². The Hall–Kier alpha value is -1.84. The van der Waals surface area contributed by atoms with Crippen LogP contribution >= 0.6 is 0 Å². The molecular weight excluding hydrogens is 259 g/mol. The van der Waals surface area contributed by atoms with Crippen LogP contribution in [-0.4, -0.2) is 20.9 Å². The minimum Gasteiger partial charge on any atom is -0.410 e. The van der Waals surface area contributed by atoms with Crippen molar-refractivity contribution in [3.63, 3.8) is 0 Å². The minimum absolute atomic E-state index is 0.251. The van der Waals surface area contributed by atoms with E-state index in [-0.39, 0.29) is 7.69 Å². The summed E-state index contributed by atoms with van der Waals surface area (Å²) in [6.45, 7) is 12.3. The summed E-state index contributed by atoms with van der Waals surface area (Å²) in [4.78, 5) is 0. The van der Waals surface area contributed by atoms with Crippen LogP contribution in [0.5, 0.6) is 0 Å². The predicted octanol–water partition coefficient (Wildman–Crippen LogP) is 4.22. The standard InChI is InChI=1S/C18H25BO2/c1-5-9-13-17(11-7-3)15-20-19-21-16-18(12-8-4)14-10-6-2/h5-14,19H,1,3,15-16H2,2,4H3/b10-6-,12-8-,13-9-,17-11+,18-14+. The number of rotatable bonds is 11. The zero-order valence-corrected chi connectivity index (χ0v) is 13.1. The third-order valence-electron chi connectivity index (χ3n) is 2.37. The molecule has 0 saturated carbocycles. The molecule has 0 saturated heterocycles. The molecule has 3 heteroatoms. The van der Waals surface area contributed by atoms with Gasteiger partial charge in [-0.3, -0.25) is 0 Å². The third kappa shape index (κ3) is 11.7. The van der Waals surface area contributed by atoms with Crippen LogP contribution in [0.25, 0.3) is 0 Å². The lowest BCUT2D eigenvalue weighted by atomic mass is 10.2. The largest absolute Gasteiger partial charge is 0.438 e. The van der Waals surface area contributed by atoms with Gasteiger partial charge >= 0.3 is 7.69 Å². The van der Waals surface area contributed by atoms with E-state index < -0.39 is 0 Å². The third-order valence-corrected chi connectivity index (χ3v) is 2.37. The van der Waals surface area contributed by atoms with Gasteiger partial charge in [0, 0.05) is 0 Å². The molecule has 2 nitrogen and oxygen atoms in total. The second-order valence-corrected chi connectivity index (χ2v) is 4.15. The Morgan fingerprint density at radius 3 is 2.05 bits per heavy atom. The fourth-order valence-electron chi connectivity index (χ4n) is 1.46. The zero-order valence-electron chi connectivity index (χ0n) is 13.1. The van der Waals surface area contributed by atoms with Crippen molar-refractivity contribution in [3.8, 4) is 0 Å². The van der Waals surface area contributed by atoms with Gasteiger partial charge in [-0.05, 0) is 25.0 Å². The van der Waals surface area contributed by atoms with E-state index in [9.17, 15) is 0 Å². The average molecular weight is 284 g/mol. The first-order valence-corrected chi connectivity index (χ1v) is 6.99. The molecule has 0 amide bonds. The second kappa shape index (κ2) is 14.6. The molecule has 0 aromatic rings. The van der Waals surface area contributed by atoms with E-state index in [0.29, 0.717) is 13.2 Å². The molecule has 0 rings (SSSR count). The lowest BCUT2D eigenvalue weighted by Gasteiger charge is -2.06. The number of hydrogen-bond acceptors (Lipinski definition) is 2. The Balaban J connectivity index is 4.13. The van der Waals surface area contributed by atoms with E-state index >= 15 is 0 Å². The van der Waals surface area contributed by atoms with Crippen molar-refractivity contribution in [2.45, 2.75) is 13.8 Å². The predicted molar refractivity (Wildman–Crippen MR) is 94.4 cm³/mol. The molecule has 0 atom stereocenters. The smallest absolute Gasteiger partial charge is 0.410 e. The Labute approximate surface area is 129 Å². The van der Waals surface area contributed by atoms with Crippen LogP contribution in [0, 0.1) is 0 Å². The van der Waals surface area contributed by atoms with Crippen LogP contribution in [0.1, 0.15) is 13.8 Å². The molecule has 0 aromatic carbocycles. The Morgan fingerprint density at radius 2 is 1.52 bits per heavy atom. The van der Waals surface area contributed by atoms with E-state index in [1.807, 2.05) is 62.5 Å². The highest BCUT2D eigenvalue weighted by atomic mass is 16.6. The van der Waals surface area contributed by atoms with Gasteiger partial charge in [-0.1, -0.05) is 73.9 Å². The molecule has 0 aliphatic carbocycles. The van der Waals surface area contributed by atoms with Gasteiger partial charge in [0.05, 0.1) is 13.2 Å². The van der Waals surface area contributed by atoms with Crippen molar-refractivity contribution < 1.29 is 9.31 Å². The van der Waals surface area contributed by atoms with Gasteiger partial charge < -0.3 is 9.31 Å². The van der Waals surface area contributed by atoms with Crippen molar-refractivity contribution in [2.75, 3.05) is 13.2 Å². The summed E-state index contributed by atoms with van der Waals surface area (Å²) in [5, 5.41) is 0. The molecule has 0 radical (unpaired) electrons. The van der Waals surface area contributed by atoms with Crippen molar-refractivity contribution >= 4 is 7.69 Å². The minimum atomic E-state index is 0.251. The number of allylic oxidation sites excluding steroid dienone is 8. The maximum absolute atomic E-state index is 5.51. The molecule has 0 heterocycles. The molecule has 0 aromatic heterocycles. The van der Waals surface area contributed by atoms with Gasteiger partial charge in [0.15, 0.2) is 0 Å². The highest BCUT2D eigenvalue weighted by Crippen LogP contribution is 2.01. The molecule has 0 spiro atoms. The summed E-state index contributed by atoms with van der Waals surface area (Å²) < 4.78 is 11.0. The van der Waals surface area contributed by atoms with Gasteiger partial charge in [-0.25, -0.2) is 0 Å². The lowest BCUT2D eigenvalue weighted by molar-refractivity contribution is 0.254. The summed E-state index contributed by atoms with van der Waals surface area (Å²) in [6.07, 6.45) is 19.2. The topological polar surface area (TPSA) is 18.5 Å². The first kappa shape index (κ1) is 19.2. The van der Waals surface area contributed by atoms with Gasteiger partial charge in [0.1, 0.15) is 0 Å². The summed E-state index contributed by atoms with van der Waals surface area (Å²) in [7, 11) is 0.251. The van der Waals surface area contributed by atoms with Crippen LogP contribution < -0.4 is 0 Å². The van der Waals surface area contributed by atoms with Crippen molar-refractivity contribution in [3.05, 3.63) is 85.1 Å².